The molecule has 0 unspecified atom stereocenters. The minimum atomic E-state index is -0.432. The quantitative estimate of drug-likeness (QED) is 0.229. The van der Waals surface area contributed by atoms with Crippen LogP contribution in [0.4, 0.5) is 0 Å². The SMILES string of the molecule is O=C(NN=Cc1ccc(Cl)cc1Cl)c1cc(-c2ccc(OCc3ccc(Cl)cc3)cc2)n[nH]1. The van der Waals surface area contributed by atoms with Crippen LogP contribution in [0.25, 0.3) is 11.3 Å². The van der Waals surface area contributed by atoms with Gasteiger partial charge >= 0.3 is 0 Å². The number of carbonyl (C=O) groups excluding carboxylic acids is 1. The van der Waals surface area contributed by atoms with Crippen LogP contribution in [0.3, 0.4) is 0 Å². The zero-order chi connectivity index (χ0) is 23.2. The van der Waals surface area contributed by atoms with E-state index in [9.17, 15) is 4.79 Å². The lowest BCUT2D eigenvalue weighted by Gasteiger charge is -2.07. The van der Waals surface area contributed by atoms with Crippen LogP contribution in [0, 0.1) is 0 Å². The fourth-order valence-electron chi connectivity index (χ4n) is 2.88. The number of nitrogens with zero attached hydrogens (tertiary/aromatic N) is 2. The van der Waals surface area contributed by atoms with Gasteiger partial charge in [-0.25, -0.2) is 5.43 Å². The number of halogens is 3. The molecule has 0 radical (unpaired) electrons. The van der Waals surface area contributed by atoms with Gasteiger partial charge in [-0.2, -0.15) is 10.2 Å². The summed E-state index contributed by atoms with van der Waals surface area (Å²) in [5.41, 5.74) is 5.81. The Morgan fingerprint density at radius 3 is 2.42 bits per heavy atom. The molecule has 1 amide bonds. The molecule has 4 aromatic rings. The Hall–Kier alpha value is -3.32. The zero-order valence-corrected chi connectivity index (χ0v) is 19.3. The van der Waals surface area contributed by atoms with Crippen molar-refractivity contribution in [3.63, 3.8) is 0 Å². The first kappa shape index (κ1) is 22.9. The number of hydrogen-bond acceptors (Lipinski definition) is 4. The first-order chi connectivity index (χ1) is 16.0. The Morgan fingerprint density at radius 2 is 1.70 bits per heavy atom. The van der Waals surface area contributed by atoms with Crippen molar-refractivity contribution >= 4 is 46.9 Å². The van der Waals surface area contributed by atoms with Crippen LogP contribution in [0.15, 0.2) is 77.9 Å². The molecule has 4 rings (SSSR count). The van der Waals surface area contributed by atoms with Crippen LogP contribution in [-0.4, -0.2) is 22.3 Å². The molecule has 1 aromatic heterocycles. The van der Waals surface area contributed by atoms with Gasteiger partial charge in [0.05, 0.1) is 16.9 Å². The maximum absolute atomic E-state index is 12.3. The molecule has 33 heavy (non-hydrogen) atoms. The Kier molecular flexibility index (Phi) is 7.29. The zero-order valence-electron chi connectivity index (χ0n) is 17.1. The molecule has 166 valence electrons. The Labute approximate surface area is 205 Å². The molecule has 0 atom stereocenters. The molecule has 3 aromatic carbocycles. The standard InChI is InChI=1S/C24H17Cl3N4O2/c25-18-6-1-15(2-7-18)14-33-20-9-4-16(5-10-20)22-12-23(30-29-22)24(32)31-28-13-17-3-8-19(26)11-21(17)27/h1-13H,14H2,(H,29,30)(H,31,32). The Balaban J connectivity index is 1.34. The minimum absolute atomic E-state index is 0.271. The van der Waals surface area contributed by atoms with Gasteiger partial charge in [-0.3, -0.25) is 9.89 Å². The van der Waals surface area contributed by atoms with E-state index in [1.54, 1.807) is 24.3 Å². The van der Waals surface area contributed by atoms with Crippen molar-refractivity contribution in [2.45, 2.75) is 6.61 Å². The van der Waals surface area contributed by atoms with Crippen LogP contribution >= 0.6 is 34.8 Å². The molecule has 0 aliphatic heterocycles. The monoisotopic (exact) mass is 498 g/mol. The van der Waals surface area contributed by atoms with E-state index in [4.69, 9.17) is 39.5 Å². The Bertz CT molecular complexity index is 1290. The van der Waals surface area contributed by atoms with Crippen LogP contribution < -0.4 is 10.2 Å². The molecule has 0 spiro atoms. The number of benzene rings is 3. The molecule has 0 fully saturated rings. The van der Waals surface area contributed by atoms with Gasteiger partial charge in [0.1, 0.15) is 18.1 Å². The first-order valence-corrected chi connectivity index (χ1v) is 10.9. The highest BCUT2D eigenvalue weighted by Crippen LogP contribution is 2.22. The topological polar surface area (TPSA) is 79.4 Å². The highest BCUT2D eigenvalue weighted by atomic mass is 35.5. The van der Waals surface area contributed by atoms with E-state index < -0.39 is 5.91 Å². The number of hydrazone groups is 1. The lowest BCUT2D eigenvalue weighted by molar-refractivity contribution is 0.0950. The summed E-state index contributed by atoms with van der Waals surface area (Å²) in [6, 6.07) is 21.6. The van der Waals surface area contributed by atoms with Crippen LogP contribution in [0.5, 0.6) is 5.75 Å². The average molecular weight is 500 g/mol. The highest BCUT2D eigenvalue weighted by molar-refractivity contribution is 6.36. The molecule has 0 saturated heterocycles. The van der Waals surface area contributed by atoms with Gasteiger partial charge in [0.25, 0.3) is 5.91 Å². The van der Waals surface area contributed by atoms with Crippen LogP contribution in [-0.2, 0) is 6.61 Å². The number of aromatic nitrogens is 2. The summed E-state index contributed by atoms with van der Waals surface area (Å²) in [6.07, 6.45) is 1.44. The molecular weight excluding hydrogens is 483 g/mol. The van der Waals surface area contributed by atoms with Crippen molar-refractivity contribution in [1.29, 1.82) is 0 Å². The van der Waals surface area contributed by atoms with E-state index >= 15 is 0 Å². The fourth-order valence-corrected chi connectivity index (χ4v) is 3.47. The van der Waals surface area contributed by atoms with Gasteiger partial charge in [0.15, 0.2) is 0 Å². The second-order valence-electron chi connectivity index (χ2n) is 6.97. The normalized spacial score (nSPS) is 11.0. The van der Waals surface area contributed by atoms with Crippen LogP contribution in [0.2, 0.25) is 15.1 Å². The highest BCUT2D eigenvalue weighted by Gasteiger charge is 2.11. The van der Waals surface area contributed by atoms with Crippen molar-refractivity contribution in [2.24, 2.45) is 5.10 Å². The number of nitrogens with one attached hydrogen (secondary N) is 2. The first-order valence-electron chi connectivity index (χ1n) is 9.79. The van der Waals surface area contributed by atoms with E-state index in [0.29, 0.717) is 32.9 Å². The molecule has 0 saturated carbocycles. The van der Waals surface area contributed by atoms with Gasteiger partial charge in [0, 0.05) is 21.2 Å². The maximum Gasteiger partial charge on any atom is 0.289 e. The summed E-state index contributed by atoms with van der Waals surface area (Å²) in [5, 5.41) is 12.5. The van der Waals surface area contributed by atoms with E-state index in [0.717, 1.165) is 16.9 Å². The lowest BCUT2D eigenvalue weighted by atomic mass is 10.1. The van der Waals surface area contributed by atoms with Gasteiger partial charge in [0.2, 0.25) is 0 Å². The van der Waals surface area contributed by atoms with Crippen LogP contribution in [0.1, 0.15) is 21.6 Å². The fraction of sp³-hybridized carbons (Fsp3) is 0.0417. The summed E-state index contributed by atoms with van der Waals surface area (Å²) in [7, 11) is 0. The number of rotatable bonds is 7. The number of H-pyrrole nitrogens is 1. The predicted octanol–water partition coefficient (Wildman–Crippen LogP) is 6.38. The third-order valence-corrected chi connectivity index (χ3v) is 5.44. The Morgan fingerprint density at radius 1 is 0.970 bits per heavy atom. The van der Waals surface area contributed by atoms with E-state index in [1.165, 1.54) is 6.21 Å². The molecule has 1 heterocycles. The molecule has 6 nitrogen and oxygen atoms in total. The summed E-state index contributed by atoms with van der Waals surface area (Å²) >= 11 is 17.8. The van der Waals surface area contributed by atoms with Crippen molar-refractivity contribution in [2.75, 3.05) is 0 Å². The number of carbonyl (C=O) groups is 1. The summed E-state index contributed by atoms with van der Waals surface area (Å²) in [4.78, 5) is 12.3. The van der Waals surface area contributed by atoms with Crippen molar-refractivity contribution < 1.29 is 9.53 Å². The second-order valence-corrected chi connectivity index (χ2v) is 8.25. The molecule has 0 aliphatic rings. The minimum Gasteiger partial charge on any atom is -0.489 e. The summed E-state index contributed by atoms with van der Waals surface area (Å²) in [5.74, 6) is 0.287. The van der Waals surface area contributed by atoms with Crippen molar-refractivity contribution in [3.8, 4) is 17.0 Å². The molecule has 0 aliphatic carbocycles. The summed E-state index contributed by atoms with van der Waals surface area (Å²) in [6.45, 7) is 0.436. The van der Waals surface area contributed by atoms with E-state index in [2.05, 4.69) is 20.7 Å². The third kappa shape index (κ3) is 6.14. The number of hydrogen-bond donors (Lipinski definition) is 2. The number of ether oxygens (including phenoxy) is 1. The maximum atomic E-state index is 12.3. The largest absolute Gasteiger partial charge is 0.489 e. The molecular formula is C24H17Cl3N4O2. The van der Waals surface area contributed by atoms with Gasteiger partial charge in [-0.05, 0) is 60.2 Å². The second kappa shape index (κ2) is 10.5. The molecule has 2 N–H and O–H groups in total. The van der Waals surface area contributed by atoms with Gasteiger partial charge in [-0.1, -0.05) is 53.0 Å². The smallest absolute Gasteiger partial charge is 0.289 e. The van der Waals surface area contributed by atoms with Crippen molar-refractivity contribution in [1.82, 2.24) is 15.6 Å². The number of amides is 1. The molecule has 0 bridgehead atoms. The lowest BCUT2D eigenvalue weighted by Crippen LogP contribution is -2.18. The third-order valence-electron chi connectivity index (χ3n) is 4.62. The summed E-state index contributed by atoms with van der Waals surface area (Å²) < 4.78 is 5.79. The number of aromatic amines is 1. The average Bonchev–Trinajstić information content (AvgIpc) is 3.31. The van der Waals surface area contributed by atoms with Gasteiger partial charge in [-0.15, -0.1) is 0 Å². The van der Waals surface area contributed by atoms with E-state index in [-0.39, 0.29) is 5.69 Å². The van der Waals surface area contributed by atoms with Gasteiger partial charge < -0.3 is 4.74 Å². The molecule has 9 heteroatoms. The van der Waals surface area contributed by atoms with Crippen molar-refractivity contribution in [3.05, 3.63) is 105 Å². The predicted molar refractivity (Wildman–Crippen MR) is 131 cm³/mol. The van der Waals surface area contributed by atoms with E-state index in [1.807, 2.05) is 48.5 Å².